The van der Waals surface area contributed by atoms with Gasteiger partial charge < -0.3 is 4.74 Å². The maximum Gasteiger partial charge on any atom is 0.273 e. The minimum absolute atomic E-state index is 0.135. The summed E-state index contributed by atoms with van der Waals surface area (Å²) < 4.78 is 5.08. The SMILES string of the molecule is COc1ccc(Cl)cc1C(=O)NNC(=O)CN1C(=O)[C@H]2CC=CC[C@@H]2C1=O. The Labute approximate surface area is 160 Å². The number of ether oxygens (including phenoxy) is 1. The number of hydrogen-bond acceptors (Lipinski definition) is 5. The van der Waals surface area contributed by atoms with E-state index in [4.69, 9.17) is 16.3 Å². The lowest BCUT2D eigenvalue weighted by atomic mass is 9.85. The van der Waals surface area contributed by atoms with Crippen LogP contribution < -0.4 is 15.6 Å². The Hall–Kier alpha value is -2.87. The molecule has 0 unspecified atom stereocenters. The normalized spacial score (nSPS) is 21.0. The zero-order valence-electron chi connectivity index (χ0n) is 14.5. The van der Waals surface area contributed by atoms with Gasteiger partial charge in [-0.25, -0.2) is 0 Å². The lowest BCUT2D eigenvalue weighted by molar-refractivity contribution is -0.143. The Balaban J connectivity index is 1.59. The minimum atomic E-state index is -0.683. The quantitative estimate of drug-likeness (QED) is 0.453. The van der Waals surface area contributed by atoms with E-state index in [0.29, 0.717) is 17.9 Å². The Bertz CT molecular complexity index is 812. The molecule has 3 rings (SSSR count). The summed E-state index contributed by atoms with van der Waals surface area (Å²) >= 11 is 5.88. The van der Waals surface area contributed by atoms with E-state index in [0.717, 1.165) is 4.90 Å². The van der Waals surface area contributed by atoms with Crippen LogP contribution in [0.2, 0.25) is 5.02 Å². The number of nitrogens with one attached hydrogen (secondary N) is 2. The largest absolute Gasteiger partial charge is 0.496 e. The van der Waals surface area contributed by atoms with Crippen molar-refractivity contribution in [2.24, 2.45) is 11.8 Å². The first-order valence-electron chi connectivity index (χ1n) is 8.35. The Morgan fingerprint density at radius 1 is 1.15 bits per heavy atom. The molecule has 0 bridgehead atoms. The van der Waals surface area contributed by atoms with E-state index in [1.165, 1.54) is 19.2 Å². The Morgan fingerprint density at radius 3 is 2.37 bits per heavy atom. The summed E-state index contributed by atoms with van der Waals surface area (Å²) in [7, 11) is 1.40. The highest BCUT2D eigenvalue weighted by atomic mass is 35.5. The number of carbonyl (C=O) groups is 4. The maximum absolute atomic E-state index is 12.3. The lowest BCUT2D eigenvalue weighted by Gasteiger charge is -2.15. The predicted molar refractivity (Wildman–Crippen MR) is 95.7 cm³/mol. The molecule has 27 heavy (non-hydrogen) atoms. The van der Waals surface area contributed by atoms with Crippen molar-refractivity contribution in [3.63, 3.8) is 0 Å². The summed E-state index contributed by atoms with van der Waals surface area (Å²) in [6.45, 7) is -0.447. The highest BCUT2D eigenvalue weighted by molar-refractivity contribution is 6.31. The fraction of sp³-hybridized carbons (Fsp3) is 0.333. The highest BCUT2D eigenvalue weighted by Crippen LogP contribution is 2.34. The van der Waals surface area contributed by atoms with Crippen molar-refractivity contribution in [3.8, 4) is 5.75 Å². The molecule has 2 N–H and O–H groups in total. The van der Waals surface area contributed by atoms with Crippen molar-refractivity contribution >= 4 is 35.2 Å². The molecule has 0 spiro atoms. The van der Waals surface area contributed by atoms with Crippen LogP contribution in [0.1, 0.15) is 23.2 Å². The molecule has 0 radical (unpaired) electrons. The second-order valence-electron chi connectivity index (χ2n) is 6.27. The number of imide groups is 1. The highest BCUT2D eigenvalue weighted by Gasteiger charge is 2.47. The van der Waals surface area contributed by atoms with E-state index in [9.17, 15) is 19.2 Å². The van der Waals surface area contributed by atoms with Crippen LogP contribution in [0.4, 0.5) is 0 Å². The van der Waals surface area contributed by atoms with Crippen molar-refractivity contribution in [2.75, 3.05) is 13.7 Å². The van der Waals surface area contributed by atoms with Crippen molar-refractivity contribution in [3.05, 3.63) is 40.9 Å². The summed E-state index contributed by atoms with van der Waals surface area (Å²) in [4.78, 5) is 50.0. The number of amides is 4. The van der Waals surface area contributed by atoms with E-state index in [2.05, 4.69) is 10.9 Å². The van der Waals surface area contributed by atoms with Crippen LogP contribution in [0.5, 0.6) is 5.75 Å². The van der Waals surface area contributed by atoms with Gasteiger partial charge in [-0.15, -0.1) is 0 Å². The van der Waals surface area contributed by atoms with E-state index in [-0.39, 0.29) is 23.1 Å². The third kappa shape index (κ3) is 3.80. The number of halogens is 1. The standard InChI is InChI=1S/C18H18ClN3O5/c1-27-14-7-6-10(19)8-13(14)16(24)21-20-15(23)9-22-17(25)11-4-2-3-5-12(11)18(22)26/h2-3,6-8,11-12H,4-5,9H2,1H3,(H,20,23)(H,21,24)/t11-,12-/m0/s1. The van der Waals surface area contributed by atoms with Gasteiger partial charge in [-0.3, -0.25) is 34.9 Å². The number of rotatable bonds is 4. The Kier molecular flexibility index (Phi) is 5.46. The number of methoxy groups -OCH3 is 1. The number of allylic oxidation sites excluding steroid dienone is 2. The van der Waals surface area contributed by atoms with Gasteiger partial charge in [-0.1, -0.05) is 23.8 Å². The first-order valence-corrected chi connectivity index (χ1v) is 8.73. The second kappa shape index (κ2) is 7.79. The summed E-state index contributed by atoms with van der Waals surface area (Å²) in [5.74, 6) is -2.55. The monoisotopic (exact) mass is 391 g/mol. The molecule has 9 heteroatoms. The molecule has 8 nitrogen and oxygen atoms in total. The fourth-order valence-electron chi connectivity index (χ4n) is 3.26. The number of likely N-dealkylation sites (tertiary alicyclic amines) is 1. The third-order valence-corrected chi connectivity index (χ3v) is 4.86. The van der Waals surface area contributed by atoms with Crippen molar-refractivity contribution in [1.82, 2.24) is 15.8 Å². The number of benzene rings is 1. The van der Waals surface area contributed by atoms with Gasteiger partial charge in [0, 0.05) is 5.02 Å². The van der Waals surface area contributed by atoms with Crippen LogP contribution in [0.3, 0.4) is 0 Å². The maximum atomic E-state index is 12.3. The molecule has 1 aliphatic heterocycles. The number of hydrazine groups is 1. The molecule has 1 heterocycles. The zero-order chi connectivity index (χ0) is 19.6. The molecular weight excluding hydrogens is 374 g/mol. The molecule has 1 saturated heterocycles. The minimum Gasteiger partial charge on any atom is -0.496 e. The van der Waals surface area contributed by atoms with Gasteiger partial charge in [0.25, 0.3) is 11.8 Å². The van der Waals surface area contributed by atoms with E-state index in [1.54, 1.807) is 6.07 Å². The molecule has 4 amide bonds. The summed E-state index contributed by atoms with van der Waals surface area (Å²) in [6.07, 6.45) is 4.74. The molecule has 0 aromatic heterocycles. The van der Waals surface area contributed by atoms with E-state index < -0.39 is 30.2 Å². The number of nitrogens with zero attached hydrogens (tertiary/aromatic N) is 1. The van der Waals surface area contributed by atoms with Crippen LogP contribution in [0.25, 0.3) is 0 Å². The van der Waals surface area contributed by atoms with Crippen molar-refractivity contribution < 1.29 is 23.9 Å². The van der Waals surface area contributed by atoms with Crippen LogP contribution >= 0.6 is 11.6 Å². The van der Waals surface area contributed by atoms with Crippen LogP contribution in [0.15, 0.2) is 30.4 Å². The molecule has 0 saturated carbocycles. The predicted octanol–water partition coefficient (Wildman–Crippen LogP) is 1.06. The molecule has 1 aliphatic carbocycles. The molecule has 142 valence electrons. The Morgan fingerprint density at radius 2 is 1.78 bits per heavy atom. The number of hydrogen-bond donors (Lipinski definition) is 2. The molecule has 1 fully saturated rings. The topological polar surface area (TPSA) is 105 Å². The van der Waals surface area contributed by atoms with Gasteiger partial charge in [-0.05, 0) is 31.0 Å². The van der Waals surface area contributed by atoms with Gasteiger partial charge in [-0.2, -0.15) is 0 Å². The zero-order valence-corrected chi connectivity index (χ0v) is 15.3. The molecule has 1 aromatic carbocycles. The summed E-state index contributed by atoms with van der Waals surface area (Å²) in [5, 5.41) is 0.330. The number of fused-ring (bicyclic) bond motifs is 1. The van der Waals surface area contributed by atoms with Crippen LogP contribution in [-0.4, -0.2) is 42.2 Å². The van der Waals surface area contributed by atoms with Crippen LogP contribution in [-0.2, 0) is 14.4 Å². The average molecular weight is 392 g/mol. The van der Waals surface area contributed by atoms with Gasteiger partial charge in [0.05, 0.1) is 24.5 Å². The molecule has 2 atom stereocenters. The fourth-order valence-corrected chi connectivity index (χ4v) is 3.43. The lowest BCUT2D eigenvalue weighted by Crippen LogP contribution is -2.48. The first-order chi connectivity index (χ1) is 12.9. The molecule has 1 aromatic rings. The van der Waals surface area contributed by atoms with Gasteiger partial charge in [0.2, 0.25) is 11.8 Å². The average Bonchev–Trinajstić information content (AvgIpc) is 2.91. The van der Waals surface area contributed by atoms with Gasteiger partial charge in [0.1, 0.15) is 12.3 Å². The van der Waals surface area contributed by atoms with Crippen LogP contribution in [0, 0.1) is 11.8 Å². The summed E-state index contributed by atoms with van der Waals surface area (Å²) in [6, 6.07) is 4.48. The summed E-state index contributed by atoms with van der Waals surface area (Å²) in [5.41, 5.74) is 4.57. The number of carbonyl (C=O) groups excluding carboxylic acids is 4. The molecular formula is C18H18ClN3O5. The first kappa shape index (κ1) is 18.9. The van der Waals surface area contributed by atoms with E-state index >= 15 is 0 Å². The third-order valence-electron chi connectivity index (χ3n) is 4.62. The van der Waals surface area contributed by atoms with Gasteiger partial charge >= 0.3 is 0 Å². The van der Waals surface area contributed by atoms with Gasteiger partial charge in [0.15, 0.2) is 0 Å². The van der Waals surface area contributed by atoms with E-state index in [1.807, 2.05) is 12.2 Å². The van der Waals surface area contributed by atoms with Crippen molar-refractivity contribution in [2.45, 2.75) is 12.8 Å². The second-order valence-corrected chi connectivity index (χ2v) is 6.70. The van der Waals surface area contributed by atoms with Crippen molar-refractivity contribution in [1.29, 1.82) is 0 Å². The molecule has 2 aliphatic rings. The smallest absolute Gasteiger partial charge is 0.273 e.